The first-order valence-electron chi connectivity index (χ1n) is 8.36. The maximum Gasteiger partial charge on any atom is 0.223 e. The topological polar surface area (TPSA) is 38.8 Å². The van der Waals surface area contributed by atoms with Crippen LogP contribution in [-0.2, 0) is 24.2 Å². The van der Waals surface area contributed by atoms with E-state index >= 15 is 0 Å². The Bertz CT molecular complexity index is 776. The molecular formula is C20H22BrNO3. The van der Waals surface area contributed by atoms with Crippen molar-refractivity contribution >= 4 is 21.8 Å². The van der Waals surface area contributed by atoms with Crippen molar-refractivity contribution in [1.29, 1.82) is 0 Å². The molecular weight excluding hydrogens is 382 g/mol. The van der Waals surface area contributed by atoms with Crippen molar-refractivity contribution in [3.05, 3.63) is 57.6 Å². The molecule has 0 aliphatic carbocycles. The maximum atomic E-state index is 12.6. The normalized spacial score (nSPS) is 13.3. The number of hydrogen-bond acceptors (Lipinski definition) is 3. The minimum absolute atomic E-state index is 0.195. The van der Waals surface area contributed by atoms with Crippen LogP contribution in [0.2, 0.25) is 0 Å². The molecule has 1 amide bonds. The fraction of sp³-hybridized carbons (Fsp3) is 0.350. The number of carbonyl (C=O) groups is 1. The van der Waals surface area contributed by atoms with E-state index in [4.69, 9.17) is 9.47 Å². The zero-order valence-electron chi connectivity index (χ0n) is 14.5. The molecule has 0 atom stereocenters. The first-order valence-corrected chi connectivity index (χ1v) is 9.16. The molecule has 0 saturated carbocycles. The van der Waals surface area contributed by atoms with Gasteiger partial charge in [0.25, 0.3) is 0 Å². The number of rotatable bonds is 5. The summed E-state index contributed by atoms with van der Waals surface area (Å²) in [7, 11) is 3.28. The maximum absolute atomic E-state index is 12.6. The largest absolute Gasteiger partial charge is 0.493 e. The van der Waals surface area contributed by atoms with Crippen molar-refractivity contribution in [3.8, 4) is 11.5 Å². The first kappa shape index (κ1) is 17.8. The van der Waals surface area contributed by atoms with Crippen LogP contribution in [-0.4, -0.2) is 31.6 Å². The standard InChI is InChI=1S/C20H22BrNO3/c1-24-18-11-15-8-9-22(13-16(15)12-19(18)25-2)20(23)7-6-14-4-3-5-17(21)10-14/h3-5,10-12H,6-9,13H2,1-2H3. The zero-order valence-corrected chi connectivity index (χ0v) is 16.1. The molecule has 1 aliphatic heterocycles. The highest BCUT2D eigenvalue weighted by atomic mass is 79.9. The molecule has 0 aromatic heterocycles. The summed E-state index contributed by atoms with van der Waals surface area (Å²) in [6.07, 6.45) is 2.13. The van der Waals surface area contributed by atoms with Crippen molar-refractivity contribution in [1.82, 2.24) is 4.90 Å². The molecule has 1 aliphatic rings. The van der Waals surface area contributed by atoms with Gasteiger partial charge in [-0.2, -0.15) is 0 Å². The lowest BCUT2D eigenvalue weighted by atomic mass is 9.98. The summed E-state index contributed by atoms with van der Waals surface area (Å²) in [5.74, 6) is 1.65. The zero-order chi connectivity index (χ0) is 17.8. The molecule has 1 heterocycles. The van der Waals surface area contributed by atoms with Gasteiger partial charge in [0.05, 0.1) is 14.2 Å². The van der Waals surface area contributed by atoms with Gasteiger partial charge in [0.1, 0.15) is 0 Å². The Morgan fingerprint density at radius 3 is 2.52 bits per heavy atom. The number of ether oxygens (including phenoxy) is 2. The Morgan fingerprint density at radius 2 is 1.84 bits per heavy atom. The van der Waals surface area contributed by atoms with Gasteiger partial charge >= 0.3 is 0 Å². The Morgan fingerprint density at radius 1 is 1.12 bits per heavy atom. The number of benzene rings is 2. The average molecular weight is 404 g/mol. The number of nitrogens with zero attached hydrogens (tertiary/aromatic N) is 1. The van der Waals surface area contributed by atoms with E-state index in [1.54, 1.807) is 14.2 Å². The number of carbonyl (C=O) groups excluding carboxylic acids is 1. The highest BCUT2D eigenvalue weighted by Crippen LogP contribution is 2.33. The van der Waals surface area contributed by atoms with Crippen LogP contribution >= 0.6 is 15.9 Å². The monoisotopic (exact) mass is 403 g/mol. The Kier molecular flexibility index (Phi) is 5.63. The Balaban J connectivity index is 1.66. The number of hydrogen-bond donors (Lipinski definition) is 0. The van der Waals surface area contributed by atoms with Crippen LogP contribution in [0.1, 0.15) is 23.1 Å². The quantitative estimate of drug-likeness (QED) is 0.757. The van der Waals surface area contributed by atoms with E-state index < -0.39 is 0 Å². The summed E-state index contributed by atoms with van der Waals surface area (Å²) < 4.78 is 11.8. The van der Waals surface area contributed by atoms with Crippen LogP contribution in [0.15, 0.2) is 40.9 Å². The molecule has 0 unspecified atom stereocenters. The minimum Gasteiger partial charge on any atom is -0.493 e. The third-order valence-electron chi connectivity index (χ3n) is 4.59. The van der Waals surface area contributed by atoms with E-state index in [2.05, 4.69) is 28.1 Å². The van der Waals surface area contributed by atoms with Gasteiger partial charge in [-0.1, -0.05) is 28.1 Å². The lowest BCUT2D eigenvalue weighted by molar-refractivity contribution is -0.132. The molecule has 4 nitrogen and oxygen atoms in total. The van der Waals surface area contributed by atoms with Crippen LogP contribution in [0.5, 0.6) is 11.5 Å². The van der Waals surface area contributed by atoms with Gasteiger partial charge in [-0.3, -0.25) is 4.79 Å². The summed E-state index contributed by atoms with van der Waals surface area (Å²) >= 11 is 3.47. The number of halogens is 1. The second kappa shape index (κ2) is 7.91. The minimum atomic E-state index is 0.195. The van der Waals surface area contributed by atoms with Crippen molar-refractivity contribution in [2.75, 3.05) is 20.8 Å². The van der Waals surface area contributed by atoms with Crippen molar-refractivity contribution in [2.45, 2.75) is 25.8 Å². The third kappa shape index (κ3) is 4.15. The van der Waals surface area contributed by atoms with Gasteiger partial charge in [-0.15, -0.1) is 0 Å². The third-order valence-corrected chi connectivity index (χ3v) is 5.08. The fourth-order valence-corrected chi connectivity index (χ4v) is 3.64. The average Bonchev–Trinajstić information content (AvgIpc) is 2.64. The Hall–Kier alpha value is -2.01. The number of methoxy groups -OCH3 is 2. The molecule has 132 valence electrons. The smallest absolute Gasteiger partial charge is 0.223 e. The van der Waals surface area contributed by atoms with Crippen LogP contribution in [0.3, 0.4) is 0 Å². The molecule has 3 rings (SSSR count). The van der Waals surface area contributed by atoms with E-state index in [1.165, 1.54) is 11.1 Å². The fourth-order valence-electron chi connectivity index (χ4n) is 3.20. The van der Waals surface area contributed by atoms with Crippen molar-refractivity contribution in [3.63, 3.8) is 0 Å². The Labute approximate surface area is 156 Å². The van der Waals surface area contributed by atoms with E-state index in [1.807, 2.05) is 29.2 Å². The first-order chi connectivity index (χ1) is 12.1. The second-order valence-corrected chi connectivity index (χ2v) is 7.09. The lowest BCUT2D eigenvalue weighted by Crippen LogP contribution is -2.36. The van der Waals surface area contributed by atoms with Gasteiger partial charge in [0.15, 0.2) is 11.5 Å². The van der Waals surface area contributed by atoms with Crippen LogP contribution < -0.4 is 9.47 Å². The van der Waals surface area contributed by atoms with E-state index in [-0.39, 0.29) is 5.91 Å². The molecule has 0 fully saturated rings. The lowest BCUT2D eigenvalue weighted by Gasteiger charge is -2.29. The van der Waals surface area contributed by atoms with E-state index in [9.17, 15) is 4.79 Å². The van der Waals surface area contributed by atoms with Gasteiger partial charge in [0, 0.05) is 24.0 Å². The van der Waals surface area contributed by atoms with Gasteiger partial charge < -0.3 is 14.4 Å². The predicted molar refractivity (Wildman–Crippen MR) is 101 cm³/mol. The summed E-state index contributed by atoms with van der Waals surface area (Å²) in [6.45, 7) is 1.38. The summed E-state index contributed by atoms with van der Waals surface area (Å²) in [5.41, 5.74) is 3.54. The molecule has 2 aromatic rings. The molecule has 5 heteroatoms. The van der Waals surface area contributed by atoms with E-state index in [0.29, 0.717) is 18.7 Å². The number of aryl methyl sites for hydroxylation is 1. The van der Waals surface area contributed by atoms with E-state index in [0.717, 1.165) is 35.2 Å². The highest BCUT2D eigenvalue weighted by Gasteiger charge is 2.22. The van der Waals surface area contributed by atoms with Gasteiger partial charge in [0.2, 0.25) is 5.91 Å². The summed E-state index contributed by atoms with van der Waals surface area (Å²) in [4.78, 5) is 14.5. The molecule has 0 spiro atoms. The van der Waals surface area contributed by atoms with Crippen LogP contribution in [0, 0.1) is 0 Å². The van der Waals surface area contributed by atoms with Crippen molar-refractivity contribution < 1.29 is 14.3 Å². The highest BCUT2D eigenvalue weighted by molar-refractivity contribution is 9.10. The van der Waals surface area contributed by atoms with Gasteiger partial charge in [-0.05, 0) is 53.8 Å². The second-order valence-electron chi connectivity index (χ2n) is 6.17. The summed E-state index contributed by atoms with van der Waals surface area (Å²) in [5, 5.41) is 0. The van der Waals surface area contributed by atoms with Crippen LogP contribution in [0.25, 0.3) is 0 Å². The van der Waals surface area contributed by atoms with Crippen molar-refractivity contribution in [2.24, 2.45) is 0 Å². The molecule has 0 radical (unpaired) electrons. The van der Waals surface area contributed by atoms with Crippen LogP contribution in [0.4, 0.5) is 0 Å². The predicted octanol–water partition coefficient (Wildman–Crippen LogP) is 3.98. The molecule has 0 bridgehead atoms. The molecule has 0 saturated heterocycles. The number of amides is 1. The molecule has 25 heavy (non-hydrogen) atoms. The SMILES string of the molecule is COc1cc2c(cc1OC)CN(C(=O)CCc1cccc(Br)c1)CC2. The molecule has 0 N–H and O–H groups in total. The summed E-state index contributed by atoms with van der Waals surface area (Å²) in [6, 6.07) is 12.1. The van der Waals surface area contributed by atoms with Gasteiger partial charge in [-0.25, -0.2) is 0 Å². The molecule has 2 aromatic carbocycles. The number of fused-ring (bicyclic) bond motifs is 1.